The lowest BCUT2D eigenvalue weighted by Crippen LogP contribution is -2.43. The third kappa shape index (κ3) is 3.45. The summed E-state index contributed by atoms with van der Waals surface area (Å²) in [5, 5.41) is 0. The van der Waals surface area contributed by atoms with E-state index < -0.39 is 0 Å². The molecule has 1 saturated heterocycles. The first-order chi connectivity index (χ1) is 6.81. The topological polar surface area (TPSA) is 46.3 Å². The predicted octanol–water partition coefficient (Wildman–Crippen LogP) is 1.70. The molecule has 1 aliphatic heterocycles. The molecule has 86 valence electrons. The van der Waals surface area contributed by atoms with E-state index in [1.165, 1.54) is 0 Å². The summed E-state index contributed by atoms with van der Waals surface area (Å²) < 4.78 is 0. The van der Waals surface area contributed by atoms with Gasteiger partial charge in [0.05, 0.1) is 11.0 Å². The number of nitrogens with two attached hydrogens (primary N) is 1. The first kappa shape index (κ1) is 12.4. The Morgan fingerprint density at radius 1 is 1.53 bits per heavy atom. The second kappa shape index (κ2) is 4.47. The van der Waals surface area contributed by atoms with Crippen LogP contribution in [0.4, 0.5) is 0 Å². The van der Waals surface area contributed by atoms with E-state index in [-0.39, 0.29) is 17.4 Å². The molecule has 0 aromatic heterocycles. The summed E-state index contributed by atoms with van der Waals surface area (Å²) in [5.41, 5.74) is 5.66. The van der Waals surface area contributed by atoms with Gasteiger partial charge in [-0.3, -0.25) is 4.79 Å². The lowest BCUT2D eigenvalue weighted by molar-refractivity contribution is -0.132. The number of thiocarbonyl (C=S) groups is 1. The maximum atomic E-state index is 12.0. The van der Waals surface area contributed by atoms with E-state index in [0.717, 1.165) is 19.4 Å². The fraction of sp³-hybridized carbons (Fsp3) is 0.818. The Labute approximate surface area is 97.0 Å². The van der Waals surface area contributed by atoms with Crippen LogP contribution in [-0.2, 0) is 4.79 Å². The number of likely N-dealkylation sites (tertiary alicyclic amines) is 1. The summed E-state index contributed by atoms with van der Waals surface area (Å²) in [7, 11) is 0. The highest BCUT2D eigenvalue weighted by Gasteiger charge is 2.32. The second-order valence-electron chi connectivity index (χ2n) is 5.38. The summed E-state index contributed by atoms with van der Waals surface area (Å²) in [6.45, 7) is 7.00. The van der Waals surface area contributed by atoms with Crippen molar-refractivity contribution in [2.75, 3.05) is 6.54 Å². The van der Waals surface area contributed by atoms with Crippen molar-refractivity contribution in [3.05, 3.63) is 0 Å². The highest BCUT2D eigenvalue weighted by atomic mass is 32.1. The van der Waals surface area contributed by atoms with Crippen molar-refractivity contribution in [2.45, 2.75) is 46.1 Å². The molecule has 2 N–H and O–H groups in total. The van der Waals surface area contributed by atoms with Crippen LogP contribution in [0.15, 0.2) is 0 Å². The van der Waals surface area contributed by atoms with E-state index in [4.69, 9.17) is 18.0 Å². The van der Waals surface area contributed by atoms with Gasteiger partial charge in [0.2, 0.25) is 5.91 Å². The minimum atomic E-state index is -0.00477. The number of nitrogens with zero attached hydrogens (tertiary/aromatic N) is 1. The zero-order valence-electron chi connectivity index (χ0n) is 9.75. The molecule has 1 aliphatic rings. The van der Waals surface area contributed by atoms with Crippen LogP contribution >= 0.6 is 12.2 Å². The largest absolute Gasteiger partial charge is 0.392 e. The molecule has 0 aromatic carbocycles. The van der Waals surface area contributed by atoms with Crippen LogP contribution in [-0.4, -0.2) is 28.4 Å². The Hall–Kier alpha value is -0.640. The van der Waals surface area contributed by atoms with Crippen molar-refractivity contribution >= 4 is 23.1 Å². The summed E-state index contributed by atoms with van der Waals surface area (Å²) >= 11 is 4.98. The van der Waals surface area contributed by atoms with E-state index in [2.05, 4.69) is 20.8 Å². The number of hydrogen-bond acceptors (Lipinski definition) is 2. The van der Waals surface area contributed by atoms with Crippen molar-refractivity contribution < 1.29 is 4.79 Å². The molecule has 0 aliphatic carbocycles. The highest BCUT2D eigenvalue weighted by molar-refractivity contribution is 7.80. The molecule has 1 rings (SSSR count). The Balaban J connectivity index is 2.63. The summed E-state index contributed by atoms with van der Waals surface area (Å²) in [4.78, 5) is 14.3. The summed E-state index contributed by atoms with van der Waals surface area (Å²) in [6, 6.07) is -0.00477. The van der Waals surface area contributed by atoms with Gasteiger partial charge >= 0.3 is 0 Å². The molecular formula is C11H20N2OS. The summed E-state index contributed by atoms with van der Waals surface area (Å²) in [5.74, 6) is 0.179. The Morgan fingerprint density at radius 2 is 2.13 bits per heavy atom. The van der Waals surface area contributed by atoms with Gasteiger partial charge in [-0.1, -0.05) is 33.0 Å². The standard InChI is InChI=1S/C11H20N2OS/c1-11(2,3)7-9(14)13-6-4-5-8(13)10(12)15/h8H,4-7H2,1-3H3,(H2,12,15). The van der Waals surface area contributed by atoms with E-state index in [0.29, 0.717) is 11.4 Å². The van der Waals surface area contributed by atoms with E-state index in [9.17, 15) is 4.79 Å². The molecule has 1 heterocycles. The molecule has 4 heteroatoms. The van der Waals surface area contributed by atoms with Crippen molar-refractivity contribution in [2.24, 2.45) is 11.1 Å². The van der Waals surface area contributed by atoms with Crippen LogP contribution in [0.5, 0.6) is 0 Å². The highest BCUT2D eigenvalue weighted by Crippen LogP contribution is 2.24. The van der Waals surface area contributed by atoms with Gasteiger partial charge in [0.1, 0.15) is 0 Å². The van der Waals surface area contributed by atoms with Crippen LogP contribution in [0.2, 0.25) is 0 Å². The lowest BCUT2D eigenvalue weighted by atomic mass is 9.91. The average Bonchev–Trinajstić information content (AvgIpc) is 2.47. The molecule has 0 aromatic rings. The second-order valence-corrected chi connectivity index (χ2v) is 5.86. The zero-order chi connectivity index (χ0) is 11.6. The van der Waals surface area contributed by atoms with Gasteiger partial charge in [-0.25, -0.2) is 0 Å². The first-order valence-electron chi connectivity index (χ1n) is 5.40. The average molecular weight is 228 g/mol. The predicted molar refractivity (Wildman–Crippen MR) is 65.6 cm³/mol. The van der Waals surface area contributed by atoms with Gasteiger partial charge in [-0.2, -0.15) is 0 Å². The molecule has 15 heavy (non-hydrogen) atoms. The van der Waals surface area contributed by atoms with Crippen LogP contribution in [0.3, 0.4) is 0 Å². The van der Waals surface area contributed by atoms with E-state index in [1.807, 2.05) is 4.90 Å². The first-order valence-corrected chi connectivity index (χ1v) is 5.81. The van der Waals surface area contributed by atoms with Crippen LogP contribution in [0, 0.1) is 5.41 Å². The van der Waals surface area contributed by atoms with Crippen molar-refractivity contribution in [3.8, 4) is 0 Å². The fourth-order valence-electron chi connectivity index (χ4n) is 1.92. The van der Waals surface area contributed by atoms with Crippen molar-refractivity contribution in [1.82, 2.24) is 4.90 Å². The number of rotatable bonds is 2. The third-order valence-electron chi connectivity index (χ3n) is 2.58. The van der Waals surface area contributed by atoms with Gasteiger partial charge in [0, 0.05) is 13.0 Å². The third-order valence-corrected chi connectivity index (χ3v) is 2.86. The lowest BCUT2D eigenvalue weighted by Gasteiger charge is -2.27. The molecule has 0 saturated carbocycles. The van der Waals surface area contributed by atoms with Gasteiger partial charge in [-0.15, -0.1) is 0 Å². The molecule has 3 nitrogen and oxygen atoms in total. The van der Waals surface area contributed by atoms with Crippen LogP contribution in [0.25, 0.3) is 0 Å². The molecule has 0 bridgehead atoms. The zero-order valence-corrected chi connectivity index (χ0v) is 10.6. The van der Waals surface area contributed by atoms with E-state index >= 15 is 0 Å². The van der Waals surface area contributed by atoms with Gasteiger partial charge in [-0.05, 0) is 18.3 Å². The van der Waals surface area contributed by atoms with Crippen molar-refractivity contribution in [3.63, 3.8) is 0 Å². The Morgan fingerprint density at radius 3 is 2.60 bits per heavy atom. The maximum absolute atomic E-state index is 12.0. The van der Waals surface area contributed by atoms with Gasteiger partial charge in [0.15, 0.2) is 0 Å². The maximum Gasteiger partial charge on any atom is 0.223 e. The molecule has 0 radical (unpaired) electrons. The van der Waals surface area contributed by atoms with Crippen LogP contribution < -0.4 is 5.73 Å². The normalized spacial score (nSPS) is 21.8. The number of hydrogen-bond donors (Lipinski definition) is 1. The Kier molecular flexibility index (Phi) is 3.71. The molecule has 1 unspecified atom stereocenters. The van der Waals surface area contributed by atoms with Crippen molar-refractivity contribution in [1.29, 1.82) is 0 Å². The fourth-order valence-corrected chi connectivity index (χ4v) is 2.16. The van der Waals surface area contributed by atoms with E-state index in [1.54, 1.807) is 0 Å². The molecule has 1 fully saturated rings. The smallest absolute Gasteiger partial charge is 0.223 e. The molecule has 1 amide bonds. The number of amides is 1. The monoisotopic (exact) mass is 228 g/mol. The van der Waals surface area contributed by atoms with Crippen LogP contribution in [0.1, 0.15) is 40.0 Å². The van der Waals surface area contributed by atoms with Gasteiger partial charge in [0.25, 0.3) is 0 Å². The minimum absolute atomic E-state index is 0.00477. The number of carbonyl (C=O) groups excluding carboxylic acids is 1. The Bertz CT molecular complexity index is 270. The molecule has 0 spiro atoms. The SMILES string of the molecule is CC(C)(C)CC(=O)N1CCCC1C(N)=S. The minimum Gasteiger partial charge on any atom is -0.392 e. The number of carbonyl (C=O) groups is 1. The quantitative estimate of drug-likeness (QED) is 0.732. The van der Waals surface area contributed by atoms with Gasteiger partial charge < -0.3 is 10.6 Å². The summed E-state index contributed by atoms with van der Waals surface area (Å²) in [6.07, 6.45) is 2.50. The molecule has 1 atom stereocenters. The molecular weight excluding hydrogens is 208 g/mol.